The van der Waals surface area contributed by atoms with Gasteiger partial charge in [-0.2, -0.15) is 0 Å². The summed E-state index contributed by atoms with van der Waals surface area (Å²) < 4.78 is 5.14. The van der Waals surface area contributed by atoms with E-state index in [1.54, 1.807) is 24.3 Å². The van der Waals surface area contributed by atoms with Crippen LogP contribution in [0.3, 0.4) is 0 Å². The maximum Gasteiger partial charge on any atom is 0.306 e. The summed E-state index contributed by atoms with van der Waals surface area (Å²) in [7, 11) is 0. The molecule has 1 amide bonds. The summed E-state index contributed by atoms with van der Waals surface area (Å²) >= 11 is 5.85. The van der Waals surface area contributed by atoms with Gasteiger partial charge in [0.05, 0.1) is 13.0 Å². The van der Waals surface area contributed by atoms with E-state index in [0.717, 1.165) is 12.8 Å². The van der Waals surface area contributed by atoms with Gasteiger partial charge in [-0.05, 0) is 36.6 Å². The molecule has 0 bridgehead atoms. The van der Waals surface area contributed by atoms with Crippen LogP contribution in [-0.2, 0) is 20.7 Å². The van der Waals surface area contributed by atoms with Crippen LogP contribution >= 0.6 is 11.6 Å². The van der Waals surface area contributed by atoms with Gasteiger partial charge in [-0.15, -0.1) is 0 Å². The van der Waals surface area contributed by atoms with Gasteiger partial charge in [0.2, 0.25) is 5.91 Å². The van der Waals surface area contributed by atoms with Gasteiger partial charge in [-0.3, -0.25) is 9.59 Å². The number of benzene rings is 2. The first-order valence-corrected chi connectivity index (χ1v) is 8.26. The molecule has 2 aromatic carbocycles. The summed E-state index contributed by atoms with van der Waals surface area (Å²) in [6.45, 7) is 0.365. The topological polar surface area (TPSA) is 55.4 Å². The van der Waals surface area contributed by atoms with Crippen LogP contribution in [0.25, 0.3) is 0 Å². The average Bonchev–Trinajstić information content (AvgIpc) is 2.58. The zero-order valence-electron chi connectivity index (χ0n) is 13.3. The molecule has 0 heterocycles. The number of anilines is 1. The third kappa shape index (κ3) is 6.84. The van der Waals surface area contributed by atoms with E-state index in [1.165, 1.54) is 5.56 Å². The van der Waals surface area contributed by atoms with Crippen molar-refractivity contribution in [1.29, 1.82) is 0 Å². The van der Waals surface area contributed by atoms with E-state index in [0.29, 0.717) is 17.3 Å². The smallest absolute Gasteiger partial charge is 0.306 e. The van der Waals surface area contributed by atoms with Crippen LogP contribution < -0.4 is 5.32 Å². The highest BCUT2D eigenvalue weighted by Gasteiger charge is 2.08. The van der Waals surface area contributed by atoms with Crippen LogP contribution in [0, 0.1) is 0 Å². The molecule has 4 nitrogen and oxygen atoms in total. The fraction of sp³-hybridized carbons (Fsp3) is 0.263. The second-order valence-electron chi connectivity index (χ2n) is 5.37. The first kappa shape index (κ1) is 18.0. The van der Waals surface area contributed by atoms with Gasteiger partial charge in [-0.25, -0.2) is 0 Å². The third-order valence-electron chi connectivity index (χ3n) is 3.38. The Hall–Kier alpha value is -2.33. The number of ether oxygens (including phenoxy) is 1. The molecule has 0 aliphatic carbocycles. The first-order chi connectivity index (χ1) is 11.6. The Labute approximate surface area is 146 Å². The van der Waals surface area contributed by atoms with Crippen molar-refractivity contribution in [2.45, 2.75) is 25.7 Å². The van der Waals surface area contributed by atoms with Crippen molar-refractivity contribution in [3.05, 3.63) is 65.2 Å². The third-order valence-corrected chi connectivity index (χ3v) is 3.62. The van der Waals surface area contributed by atoms with Crippen molar-refractivity contribution in [3.63, 3.8) is 0 Å². The molecule has 0 aliphatic heterocycles. The van der Waals surface area contributed by atoms with E-state index in [-0.39, 0.29) is 24.7 Å². The van der Waals surface area contributed by atoms with E-state index >= 15 is 0 Å². The van der Waals surface area contributed by atoms with Gasteiger partial charge in [0, 0.05) is 17.1 Å². The molecule has 0 saturated heterocycles. The van der Waals surface area contributed by atoms with Crippen molar-refractivity contribution < 1.29 is 14.3 Å². The standard InChI is InChI=1S/C19H20ClNO3/c20-16-9-4-10-17(14-16)21-18(22)11-12-19(23)24-13-5-8-15-6-2-1-3-7-15/h1-4,6-7,9-10,14H,5,8,11-13H2,(H,21,22). The van der Waals surface area contributed by atoms with Crippen molar-refractivity contribution in [3.8, 4) is 0 Å². The molecule has 0 atom stereocenters. The highest BCUT2D eigenvalue weighted by Crippen LogP contribution is 2.15. The number of carbonyl (C=O) groups is 2. The van der Waals surface area contributed by atoms with Crippen LogP contribution in [0.15, 0.2) is 54.6 Å². The van der Waals surface area contributed by atoms with Crippen molar-refractivity contribution in [2.75, 3.05) is 11.9 Å². The fourth-order valence-corrected chi connectivity index (χ4v) is 2.37. The lowest BCUT2D eigenvalue weighted by Crippen LogP contribution is -2.15. The highest BCUT2D eigenvalue weighted by molar-refractivity contribution is 6.30. The second kappa shape index (κ2) is 9.73. The molecule has 126 valence electrons. The number of rotatable bonds is 8. The summed E-state index contributed by atoms with van der Waals surface area (Å²) in [5.41, 5.74) is 1.83. The largest absolute Gasteiger partial charge is 0.466 e. The Morgan fingerprint density at radius 3 is 2.54 bits per heavy atom. The summed E-state index contributed by atoms with van der Waals surface area (Å²) in [6.07, 6.45) is 1.79. The lowest BCUT2D eigenvalue weighted by atomic mass is 10.1. The number of halogens is 1. The molecule has 0 unspecified atom stereocenters. The molecule has 1 N–H and O–H groups in total. The Balaban J connectivity index is 1.59. The van der Waals surface area contributed by atoms with E-state index < -0.39 is 0 Å². The number of amides is 1. The number of esters is 1. The first-order valence-electron chi connectivity index (χ1n) is 7.88. The molecule has 24 heavy (non-hydrogen) atoms. The monoisotopic (exact) mass is 345 g/mol. The Morgan fingerprint density at radius 2 is 1.79 bits per heavy atom. The Bertz CT molecular complexity index is 673. The van der Waals surface area contributed by atoms with Crippen LogP contribution in [0.2, 0.25) is 5.02 Å². The van der Waals surface area contributed by atoms with Crippen LogP contribution in [0.5, 0.6) is 0 Å². The molecule has 0 fully saturated rings. The van der Waals surface area contributed by atoms with Gasteiger partial charge < -0.3 is 10.1 Å². The normalized spacial score (nSPS) is 10.2. The summed E-state index contributed by atoms with van der Waals surface area (Å²) in [4.78, 5) is 23.4. The van der Waals surface area contributed by atoms with E-state index in [2.05, 4.69) is 5.32 Å². The lowest BCUT2D eigenvalue weighted by Gasteiger charge is -2.06. The molecule has 0 radical (unpaired) electrons. The molecule has 5 heteroatoms. The molecule has 2 rings (SSSR count). The number of carbonyl (C=O) groups excluding carboxylic acids is 2. The minimum absolute atomic E-state index is 0.0672. The highest BCUT2D eigenvalue weighted by atomic mass is 35.5. The van der Waals surface area contributed by atoms with Crippen molar-refractivity contribution >= 4 is 29.2 Å². The summed E-state index contributed by atoms with van der Waals surface area (Å²) in [6, 6.07) is 16.9. The summed E-state index contributed by atoms with van der Waals surface area (Å²) in [5.74, 6) is -0.595. The summed E-state index contributed by atoms with van der Waals surface area (Å²) in [5, 5.41) is 3.24. The van der Waals surface area contributed by atoms with E-state index in [4.69, 9.17) is 16.3 Å². The maximum atomic E-state index is 11.8. The molecule has 2 aromatic rings. The molecule has 0 aliphatic rings. The van der Waals surface area contributed by atoms with Crippen LogP contribution in [0.4, 0.5) is 5.69 Å². The number of nitrogens with one attached hydrogen (secondary N) is 1. The lowest BCUT2D eigenvalue weighted by molar-refractivity contribution is -0.144. The minimum atomic E-state index is -0.357. The number of aryl methyl sites for hydroxylation is 1. The Morgan fingerprint density at radius 1 is 1.00 bits per heavy atom. The van der Waals surface area contributed by atoms with Gasteiger partial charge in [-0.1, -0.05) is 48.0 Å². The van der Waals surface area contributed by atoms with Crippen LogP contribution in [0.1, 0.15) is 24.8 Å². The van der Waals surface area contributed by atoms with Crippen LogP contribution in [-0.4, -0.2) is 18.5 Å². The SMILES string of the molecule is O=C(CCC(=O)OCCCc1ccccc1)Nc1cccc(Cl)c1. The minimum Gasteiger partial charge on any atom is -0.466 e. The fourth-order valence-electron chi connectivity index (χ4n) is 2.18. The zero-order chi connectivity index (χ0) is 17.2. The van der Waals surface area contributed by atoms with Crippen molar-refractivity contribution in [2.24, 2.45) is 0 Å². The average molecular weight is 346 g/mol. The quantitative estimate of drug-likeness (QED) is 0.575. The Kier molecular flexibility index (Phi) is 7.30. The zero-order valence-corrected chi connectivity index (χ0v) is 14.1. The maximum absolute atomic E-state index is 11.8. The van der Waals surface area contributed by atoms with E-state index in [1.807, 2.05) is 30.3 Å². The number of hydrogen-bond donors (Lipinski definition) is 1. The van der Waals surface area contributed by atoms with Gasteiger partial charge in [0.1, 0.15) is 0 Å². The van der Waals surface area contributed by atoms with E-state index in [9.17, 15) is 9.59 Å². The second-order valence-corrected chi connectivity index (χ2v) is 5.80. The van der Waals surface area contributed by atoms with Gasteiger partial charge >= 0.3 is 5.97 Å². The van der Waals surface area contributed by atoms with Gasteiger partial charge in [0.15, 0.2) is 0 Å². The molecule has 0 spiro atoms. The molecule has 0 aromatic heterocycles. The van der Waals surface area contributed by atoms with Gasteiger partial charge in [0.25, 0.3) is 0 Å². The molecular weight excluding hydrogens is 326 g/mol. The number of hydrogen-bond acceptors (Lipinski definition) is 3. The molecular formula is C19H20ClNO3. The predicted molar refractivity (Wildman–Crippen MR) is 95.0 cm³/mol. The van der Waals surface area contributed by atoms with Crippen molar-refractivity contribution in [1.82, 2.24) is 0 Å². The predicted octanol–water partition coefficient (Wildman–Crippen LogP) is 4.23. The molecule has 0 saturated carbocycles.